The maximum atomic E-state index is 13.8. The van der Waals surface area contributed by atoms with Crippen molar-refractivity contribution in [2.24, 2.45) is 0 Å². The van der Waals surface area contributed by atoms with Gasteiger partial charge in [0.1, 0.15) is 16.5 Å². The van der Waals surface area contributed by atoms with Gasteiger partial charge < -0.3 is 9.47 Å². The summed E-state index contributed by atoms with van der Waals surface area (Å²) in [6.07, 6.45) is 1.16. The van der Waals surface area contributed by atoms with Gasteiger partial charge in [-0.15, -0.1) is 0 Å². The number of halogens is 2. The van der Waals surface area contributed by atoms with E-state index in [1.54, 1.807) is 0 Å². The molecule has 0 N–H and O–H groups in total. The minimum absolute atomic E-state index is 0.0200. The van der Waals surface area contributed by atoms with Gasteiger partial charge in [-0.05, 0) is 18.6 Å². The van der Waals surface area contributed by atoms with Gasteiger partial charge in [-0.2, -0.15) is 4.31 Å². The number of benzene rings is 1. The topological polar surface area (TPSA) is 55.8 Å². The molecule has 1 aromatic rings. The first kappa shape index (κ1) is 14.8. The highest BCUT2D eigenvalue weighted by Crippen LogP contribution is 2.33. The average Bonchev–Trinajstić information content (AvgIpc) is 2.86. The first-order valence-corrected chi connectivity index (χ1v) is 8.10. The van der Waals surface area contributed by atoms with E-state index in [1.807, 2.05) is 0 Å². The van der Waals surface area contributed by atoms with Gasteiger partial charge in [0.2, 0.25) is 10.0 Å². The zero-order chi connectivity index (χ0) is 15.1. The second-order valence-electron chi connectivity index (χ2n) is 5.12. The van der Waals surface area contributed by atoms with Crippen molar-refractivity contribution in [2.75, 3.05) is 26.3 Å². The summed E-state index contributed by atoms with van der Waals surface area (Å²) in [5.74, 6) is -2.84. The molecule has 0 aromatic heterocycles. The molecule has 0 saturated carbocycles. The third kappa shape index (κ3) is 2.68. The monoisotopic (exact) mass is 319 g/mol. The smallest absolute Gasteiger partial charge is 0.246 e. The quantitative estimate of drug-likeness (QED) is 0.829. The lowest BCUT2D eigenvalue weighted by molar-refractivity contribution is -0.179. The van der Waals surface area contributed by atoms with Gasteiger partial charge in [0.25, 0.3) is 0 Å². The summed E-state index contributed by atoms with van der Waals surface area (Å²) in [6, 6.07) is 2.44. The van der Waals surface area contributed by atoms with E-state index < -0.39 is 32.3 Å². The van der Waals surface area contributed by atoms with Crippen LogP contribution in [0.5, 0.6) is 0 Å². The Morgan fingerprint density at radius 3 is 2.57 bits per heavy atom. The van der Waals surface area contributed by atoms with Crippen molar-refractivity contribution in [3.8, 4) is 0 Å². The lowest BCUT2D eigenvalue weighted by atomic mass is 10.1. The van der Waals surface area contributed by atoms with Crippen molar-refractivity contribution >= 4 is 10.0 Å². The fourth-order valence-electron chi connectivity index (χ4n) is 2.71. The minimum Gasteiger partial charge on any atom is -0.346 e. The van der Waals surface area contributed by atoms with Gasteiger partial charge in [-0.25, -0.2) is 17.2 Å². The third-order valence-corrected chi connectivity index (χ3v) is 5.59. The second kappa shape index (κ2) is 5.28. The van der Waals surface area contributed by atoms with Gasteiger partial charge >= 0.3 is 0 Å². The van der Waals surface area contributed by atoms with Crippen LogP contribution < -0.4 is 0 Å². The number of nitrogens with zero attached hydrogens (tertiary/aromatic N) is 1. The van der Waals surface area contributed by atoms with Gasteiger partial charge in [0, 0.05) is 19.0 Å². The predicted octanol–water partition coefficient (Wildman–Crippen LogP) is 1.49. The highest BCUT2D eigenvalue weighted by atomic mass is 32.2. The zero-order valence-corrected chi connectivity index (χ0v) is 12.0. The predicted molar refractivity (Wildman–Crippen MR) is 69.0 cm³/mol. The minimum atomic E-state index is -4.04. The molecule has 0 atom stereocenters. The van der Waals surface area contributed by atoms with Crippen molar-refractivity contribution in [1.82, 2.24) is 4.31 Å². The van der Waals surface area contributed by atoms with E-state index in [1.165, 1.54) is 0 Å². The average molecular weight is 319 g/mol. The molecule has 2 saturated heterocycles. The fraction of sp³-hybridized carbons (Fsp3) is 0.538. The van der Waals surface area contributed by atoms with Crippen LogP contribution in [0.15, 0.2) is 23.1 Å². The van der Waals surface area contributed by atoms with Crippen LogP contribution in [0.2, 0.25) is 0 Å². The Bertz CT molecular complexity index is 644. The van der Waals surface area contributed by atoms with E-state index in [4.69, 9.17) is 9.47 Å². The van der Waals surface area contributed by atoms with Crippen molar-refractivity contribution in [1.29, 1.82) is 0 Å². The number of hydrogen-bond donors (Lipinski definition) is 0. The van der Waals surface area contributed by atoms with E-state index >= 15 is 0 Å². The van der Waals surface area contributed by atoms with E-state index in [-0.39, 0.29) is 13.1 Å². The molecule has 3 rings (SSSR count). The van der Waals surface area contributed by atoms with Crippen molar-refractivity contribution in [3.05, 3.63) is 29.8 Å². The summed E-state index contributed by atoms with van der Waals surface area (Å²) < 4.78 is 63.9. The lowest BCUT2D eigenvalue weighted by Crippen LogP contribution is -2.51. The molecule has 0 amide bonds. The fourth-order valence-corrected chi connectivity index (χ4v) is 4.27. The molecule has 116 valence electrons. The summed E-state index contributed by atoms with van der Waals surface area (Å²) in [4.78, 5) is -0.529. The van der Waals surface area contributed by atoms with Gasteiger partial charge in [0.05, 0.1) is 19.8 Å². The van der Waals surface area contributed by atoms with Crippen LogP contribution in [0, 0.1) is 11.6 Å². The standard InChI is InChI=1S/C13H15F2NO4S/c14-10-2-3-12(11(15)8-10)21(17,18)16-5-1-4-13(9-16)19-6-7-20-13/h2-3,8H,1,4-7,9H2. The van der Waals surface area contributed by atoms with Crippen LogP contribution in [0.4, 0.5) is 8.78 Å². The highest BCUT2D eigenvalue weighted by Gasteiger charge is 2.44. The Hall–Kier alpha value is -1.09. The Morgan fingerprint density at radius 2 is 1.90 bits per heavy atom. The number of piperidine rings is 1. The van der Waals surface area contributed by atoms with Crippen LogP contribution in [-0.2, 0) is 19.5 Å². The number of ether oxygens (including phenoxy) is 2. The zero-order valence-electron chi connectivity index (χ0n) is 11.2. The molecule has 0 bridgehead atoms. The van der Waals surface area contributed by atoms with E-state index in [9.17, 15) is 17.2 Å². The summed E-state index contributed by atoms with van der Waals surface area (Å²) in [5, 5.41) is 0. The number of hydrogen-bond acceptors (Lipinski definition) is 4. The molecular formula is C13H15F2NO4S. The molecular weight excluding hydrogens is 304 g/mol. The summed E-state index contributed by atoms with van der Waals surface area (Å²) >= 11 is 0. The number of rotatable bonds is 2. The molecule has 2 aliphatic heterocycles. The molecule has 2 fully saturated rings. The van der Waals surface area contributed by atoms with Crippen LogP contribution in [-0.4, -0.2) is 44.8 Å². The Labute approximate surface area is 121 Å². The van der Waals surface area contributed by atoms with E-state index in [2.05, 4.69) is 0 Å². The largest absolute Gasteiger partial charge is 0.346 e. The second-order valence-corrected chi connectivity index (χ2v) is 7.03. The highest BCUT2D eigenvalue weighted by molar-refractivity contribution is 7.89. The Kier molecular flexibility index (Phi) is 3.73. The maximum Gasteiger partial charge on any atom is 0.246 e. The van der Waals surface area contributed by atoms with Crippen LogP contribution >= 0.6 is 0 Å². The van der Waals surface area contributed by atoms with Gasteiger partial charge in [-0.3, -0.25) is 0 Å². The Balaban J connectivity index is 1.90. The van der Waals surface area contributed by atoms with Crippen LogP contribution in [0.1, 0.15) is 12.8 Å². The molecule has 1 aromatic carbocycles. The molecule has 0 unspecified atom stereocenters. The first-order chi connectivity index (χ1) is 9.93. The summed E-state index contributed by atoms with van der Waals surface area (Å²) in [6.45, 7) is 1.11. The molecule has 2 aliphatic rings. The molecule has 5 nitrogen and oxygen atoms in total. The van der Waals surface area contributed by atoms with Crippen LogP contribution in [0.3, 0.4) is 0 Å². The molecule has 0 aliphatic carbocycles. The summed E-state index contributed by atoms with van der Waals surface area (Å²) in [7, 11) is -4.04. The van der Waals surface area contributed by atoms with Crippen LogP contribution in [0.25, 0.3) is 0 Å². The molecule has 2 heterocycles. The molecule has 1 spiro atoms. The van der Waals surface area contributed by atoms with E-state index in [0.717, 1.165) is 16.4 Å². The van der Waals surface area contributed by atoms with E-state index in [0.29, 0.717) is 32.1 Å². The molecule has 21 heavy (non-hydrogen) atoms. The van der Waals surface area contributed by atoms with Gasteiger partial charge in [0.15, 0.2) is 5.79 Å². The maximum absolute atomic E-state index is 13.8. The lowest BCUT2D eigenvalue weighted by Gasteiger charge is -2.37. The Morgan fingerprint density at radius 1 is 1.19 bits per heavy atom. The molecule has 0 radical (unpaired) electrons. The summed E-state index contributed by atoms with van der Waals surface area (Å²) in [5.41, 5.74) is 0. The molecule has 8 heteroatoms. The SMILES string of the molecule is O=S(=O)(c1ccc(F)cc1F)N1CCCC2(C1)OCCO2. The van der Waals surface area contributed by atoms with Crippen molar-refractivity contribution in [3.63, 3.8) is 0 Å². The van der Waals surface area contributed by atoms with Crippen molar-refractivity contribution in [2.45, 2.75) is 23.5 Å². The third-order valence-electron chi connectivity index (χ3n) is 3.71. The number of sulfonamides is 1. The van der Waals surface area contributed by atoms with Crippen molar-refractivity contribution < 1.29 is 26.7 Å². The normalized spacial score (nSPS) is 22.8. The van der Waals surface area contributed by atoms with Gasteiger partial charge in [-0.1, -0.05) is 0 Å². The first-order valence-electron chi connectivity index (χ1n) is 6.66.